The number of rotatable bonds is 5. The first-order valence-electron chi connectivity index (χ1n) is 5.14. The second-order valence-corrected chi connectivity index (χ2v) is 4.18. The van der Waals surface area contributed by atoms with Crippen molar-refractivity contribution in [2.24, 2.45) is 0 Å². The van der Waals surface area contributed by atoms with Gasteiger partial charge in [-0.3, -0.25) is 0 Å². The first-order valence-corrected chi connectivity index (χ1v) is 5.52. The van der Waals surface area contributed by atoms with E-state index in [9.17, 15) is 0 Å². The van der Waals surface area contributed by atoms with Crippen molar-refractivity contribution in [3.8, 4) is 11.5 Å². The monoisotopic (exact) mass is 243 g/mol. The van der Waals surface area contributed by atoms with Crippen LogP contribution < -0.4 is 15.0 Å². The summed E-state index contributed by atoms with van der Waals surface area (Å²) in [6.45, 7) is 0.277. The van der Waals surface area contributed by atoms with Crippen LogP contribution in [0.1, 0.15) is 18.4 Å². The third-order valence-corrected chi connectivity index (χ3v) is 2.61. The number of methoxy groups -OCH3 is 1. The highest BCUT2D eigenvalue weighted by Crippen LogP contribution is 2.38. The minimum absolute atomic E-state index is 0.271. The Morgan fingerprint density at radius 3 is 2.81 bits per heavy atom. The minimum Gasteiger partial charge on any atom is -0.493 e. The van der Waals surface area contributed by atoms with Crippen molar-refractivity contribution in [2.75, 3.05) is 7.11 Å². The Hall–Kier alpha value is -0.970. The van der Waals surface area contributed by atoms with E-state index in [1.165, 1.54) is 0 Å². The second kappa shape index (κ2) is 4.91. The van der Waals surface area contributed by atoms with Crippen LogP contribution >= 0.6 is 11.6 Å². The van der Waals surface area contributed by atoms with Crippen molar-refractivity contribution in [3.05, 3.63) is 22.7 Å². The van der Waals surface area contributed by atoms with Gasteiger partial charge >= 0.3 is 0 Å². The predicted molar refractivity (Wildman–Crippen MR) is 60.3 cm³/mol. The molecule has 0 saturated heterocycles. The van der Waals surface area contributed by atoms with Gasteiger partial charge in [-0.2, -0.15) is 0 Å². The van der Waals surface area contributed by atoms with E-state index in [0.717, 1.165) is 18.4 Å². The van der Waals surface area contributed by atoms with E-state index in [1.807, 2.05) is 0 Å². The molecule has 0 atom stereocenters. The standard InChI is InChI=1S/C11H14ClNO3/c1-15-10-5-8(12)4-7(6-13-14)11(10)16-9-2-3-9/h4-5,9,13-14H,2-3,6H2,1H3. The van der Waals surface area contributed by atoms with Crippen LogP contribution in [-0.4, -0.2) is 18.4 Å². The van der Waals surface area contributed by atoms with Gasteiger partial charge in [0.25, 0.3) is 0 Å². The highest BCUT2D eigenvalue weighted by Gasteiger charge is 2.26. The fourth-order valence-corrected chi connectivity index (χ4v) is 1.71. The van der Waals surface area contributed by atoms with Gasteiger partial charge in [-0.1, -0.05) is 11.6 Å². The molecule has 4 nitrogen and oxygen atoms in total. The molecule has 2 N–H and O–H groups in total. The van der Waals surface area contributed by atoms with E-state index in [0.29, 0.717) is 16.5 Å². The van der Waals surface area contributed by atoms with Crippen molar-refractivity contribution in [3.63, 3.8) is 0 Å². The van der Waals surface area contributed by atoms with Gasteiger partial charge in [0.2, 0.25) is 0 Å². The first-order chi connectivity index (χ1) is 7.74. The molecule has 1 aliphatic rings. The maximum absolute atomic E-state index is 8.76. The highest BCUT2D eigenvalue weighted by atomic mass is 35.5. The van der Waals surface area contributed by atoms with Crippen LogP contribution in [0.15, 0.2) is 12.1 Å². The van der Waals surface area contributed by atoms with Crippen LogP contribution in [0, 0.1) is 0 Å². The zero-order chi connectivity index (χ0) is 11.5. The summed E-state index contributed by atoms with van der Waals surface area (Å²) in [4.78, 5) is 0. The number of halogens is 1. The molecule has 2 rings (SSSR count). The van der Waals surface area contributed by atoms with E-state index in [2.05, 4.69) is 5.48 Å². The van der Waals surface area contributed by atoms with Crippen LogP contribution in [0.5, 0.6) is 11.5 Å². The molecule has 1 saturated carbocycles. The van der Waals surface area contributed by atoms with Gasteiger partial charge in [0.1, 0.15) is 0 Å². The molecular weight excluding hydrogens is 230 g/mol. The zero-order valence-electron chi connectivity index (χ0n) is 9.00. The molecule has 0 radical (unpaired) electrons. The average Bonchev–Trinajstić information content (AvgIpc) is 3.05. The molecule has 1 aromatic rings. The molecule has 1 aromatic carbocycles. The van der Waals surface area contributed by atoms with Gasteiger partial charge in [-0.15, -0.1) is 0 Å². The quantitative estimate of drug-likeness (QED) is 0.780. The Labute approximate surface area is 99.1 Å². The summed E-state index contributed by atoms with van der Waals surface area (Å²) < 4.78 is 11.0. The summed E-state index contributed by atoms with van der Waals surface area (Å²) in [7, 11) is 1.57. The van der Waals surface area contributed by atoms with Crippen molar-refractivity contribution in [2.45, 2.75) is 25.5 Å². The van der Waals surface area contributed by atoms with E-state index in [1.54, 1.807) is 19.2 Å². The molecule has 1 fully saturated rings. The van der Waals surface area contributed by atoms with E-state index in [4.69, 9.17) is 26.3 Å². The van der Waals surface area contributed by atoms with Gasteiger partial charge in [0.05, 0.1) is 13.2 Å². The number of ether oxygens (including phenoxy) is 2. The lowest BCUT2D eigenvalue weighted by molar-refractivity contribution is 0.159. The zero-order valence-corrected chi connectivity index (χ0v) is 9.75. The summed E-state index contributed by atoms with van der Waals surface area (Å²) >= 11 is 5.94. The Kier molecular flexibility index (Phi) is 3.53. The normalized spacial score (nSPS) is 14.9. The van der Waals surface area contributed by atoms with Crippen LogP contribution in [0.2, 0.25) is 5.02 Å². The maximum atomic E-state index is 8.76. The Bertz CT molecular complexity index is 380. The minimum atomic E-state index is 0.271. The number of benzene rings is 1. The molecule has 0 heterocycles. The number of nitrogens with one attached hydrogen (secondary N) is 1. The van der Waals surface area contributed by atoms with E-state index in [-0.39, 0.29) is 12.6 Å². The van der Waals surface area contributed by atoms with Crippen molar-refractivity contribution >= 4 is 11.6 Å². The Morgan fingerprint density at radius 2 is 2.25 bits per heavy atom. The van der Waals surface area contributed by atoms with Gasteiger partial charge in [-0.25, -0.2) is 5.48 Å². The van der Waals surface area contributed by atoms with Crippen LogP contribution in [0.3, 0.4) is 0 Å². The molecule has 0 amide bonds. The van der Waals surface area contributed by atoms with Crippen LogP contribution in [0.25, 0.3) is 0 Å². The summed E-state index contributed by atoms with van der Waals surface area (Å²) in [6.07, 6.45) is 2.41. The summed E-state index contributed by atoms with van der Waals surface area (Å²) in [6, 6.07) is 3.46. The fourth-order valence-electron chi connectivity index (χ4n) is 1.48. The molecule has 0 unspecified atom stereocenters. The van der Waals surface area contributed by atoms with Gasteiger partial charge < -0.3 is 14.7 Å². The molecule has 0 aromatic heterocycles. The summed E-state index contributed by atoms with van der Waals surface area (Å²) in [5.41, 5.74) is 2.89. The lowest BCUT2D eigenvalue weighted by Crippen LogP contribution is -2.10. The van der Waals surface area contributed by atoms with Crippen LogP contribution in [-0.2, 0) is 6.54 Å². The molecule has 1 aliphatic carbocycles. The summed E-state index contributed by atoms with van der Waals surface area (Å²) in [5.74, 6) is 1.26. The van der Waals surface area contributed by atoms with Gasteiger partial charge in [0.15, 0.2) is 11.5 Å². The Morgan fingerprint density at radius 1 is 1.50 bits per heavy atom. The highest BCUT2D eigenvalue weighted by molar-refractivity contribution is 6.30. The molecule has 0 spiro atoms. The molecule has 0 bridgehead atoms. The molecule has 16 heavy (non-hydrogen) atoms. The topological polar surface area (TPSA) is 50.7 Å². The lowest BCUT2D eigenvalue weighted by atomic mass is 10.2. The van der Waals surface area contributed by atoms with Crippen molar-refractivity contribution < 1.29 is 14.7 Å². The number of hydroxylamine groups is 1. The largest absolute Gasteiger partial charge is 0.493 e. The average molecular weight is 244 g/mol. The van der Waals surface area contributed by atoms with Gasteiger partial charge in [-0.05, 0) is 18.9 Å². The van der Waals surface area contributed by atoms with E-state index >= 15 is 0 Å². The lowest BCUT2D eigenvalue weighted by Gasteiger charge is -2.15. The number of hydrogen-bond acceptors (Lipinski definition) is 4. The molecule has 88 valence electrons. The van der Waals surface area contributed by atoms with E-state index < -0.39 is 0 Å². The predicted octanol–water partition coefficient (Wildman–Crippen LogP) is 2.37. The van der Waals surface area contributed by atoms with Gasteiger partial charge in [0, 0.05) is 23.2 Å². The molecule has 5 heteroatoms. The molecular formula is C11H14ClNO3. The SMILES string of the molecule is COc1cc(Cl)cc(CNO)c1OC1CC1. The first kappa shape index (κ1) is 11.5. The molecule has 0 aliphatic heterocycles. The smallest absolute Gasteiger partial charge is 0.166 e. The Balaban J connectivity index is 2.33. The van der Waals surface area contributed by atoms with Crippen molar-refractivity contribution in [1.82, 2.24) is 5.48 Å². The third kappa shape index (κ3) is 2.58. The van der Waals surface area contributed by atoms with Crippen LogP contribution in [0.4, 0.5) is 0 Å². The number of hydrogen-bond donors (Lipinski definition) is 2. The van der Waals surface area contributed by atoms with Crippen molar-refractivity contribution in [1.29, 1.82) is 0 Å². The third-order valence-electron chi connectivity index (χ3n) is 2.39. The summed E-state index contributed by atoms with van der Waals surface area (Å²) in [5, 5.41) is 9.32. The second-order valence-electron chi connectivity index (χ2n) is 3.75. The maximum Gasteiger partial charge on any atom is 0.166 e. The fraction of sp³-hybridized carbons (Fsp3) is 0.455.